The normalized spacial score (nSPS) is 38.3. The van der Waals surface area contributed by atoms with Crippen LogP contribution in [0.5, 0.6) is 0 Å². The highest BCUT2D eigenvalue weighted by molar-refractivity contribution is 6.06. The van der Waals surface area contributed by atoms with Crippen molar-refractivity contribution in [3.63, 3.8) is 0 Å². The van der Waals surface area contributed by atoms with Crippen molar-refractivity contribution in [3.05, 3.63) is 48.0 Å². The van der Waals surface area contributed by atoms with E-state index in [1.807, 2.05) is 0 Å². The summed E-state index contributed by atoms with van der Waals surface area (Å²) < 4.78 is 0. The molecular formula is C31H38N2O4. The van der Waals surface area contributed by atoms with Gasteiger partial charge in [-0.3, -0.25) is 14.5 Å². The number of aliphatic hydroxyl groups excluding tert-OH is 2. The van der Waals surface area contributed by atoms with E-state index in [9.17, 15) is 19.8 Å². The zero-order chi connectivity index (χ0) is 25.3. The van der Waals surface area contributed by atoms with Crippen LogP contribution in [-0.4, -0.2) is 70.2 Å². The third-order valence-corrected chi connectivity index (χ3v) is 10.8. The number of nitrogens with zero attached hydrogens (tertiary/aromatic N) is 2. The number of amides is 2. The molecule has 3 saturated carbocycles. The molecule has 6 nitrogen and oxygen atoms in total. The number of carbonyl (C=O) groups is 2. The van der Waals surface area contributed by atoms with E-state index in [0.29, 0.717) is 30.7 Å². The molecule has 7 rings (SSSR count). The van der Waals surface area contributed by atoms with Gasteiger partial charge in [-0.05, 0) is 79.3 Å². The van der Waals surface area contributed by atoms with E-state index in [4.69, 9.17) is 0 Å². The van der Waals surface area contributed by atoms with Crippen LogP contribution >= 0.6 is 0 Å². The van der Waals surface area contributed by atoms with Crippen LogP contribution in [0.4, 0.5) is 0 Å². The highest BCUT2D eigenvalue weighted by Gasteiger charge is 2.67. The number of piperidine rings is 1. The average molecular weight is 503 g/mol. The minimum Gasteiger partial charge on any atom is -0.390 e. The smallest absolute Gasteiger partial charge is 0.233 e. The molecule has 0 radical (unpaired) electrons. The Balaban J connectivity index is 0.980. The Kier molecular flexibility index (Phi) is 5.91. The van der Waals surface area contributed by atoms with Gasteiger partial charge in [-0.25, -0.2) is 0 Å². The zero-order valence-electron chi connectivity index (χ0n) is 21.4. The maximum absolute atomic E-state index is 13.3. The van der Waals surface area contributed by atoms with Crippen LogP contribution < -0.4 is 0 Å². The first kappa shape index (κ1) is 23.8. The molecular weight excluding hydrogens is 464 g/mol. The second kappa shape index (κ2) is 9.18. The molecule has 8 atom stereocenters. The molecule has 7 unspecified atom stereocenters. The Morgan fingerprint density at radius 3 is 2.08 bits per heavy atom. The van der Waals surface area contributed by atoms with Crippen LogP contribution in [0.2, 0.25) is 0 Å². The number of rotatable bonds is 5. The summed E-state index contributed by atoms with van der Waals surface area (Å²) in [6.07, 6.45) is 4.62. The lowest BCUT2D eigenvalue weighted by atomic mass is 9.78. The fourth-order valence-electron chi connectivity index (χ4n) is 8.87. The number of aliphatic hydroxyl groups is 2. The SMILES string of the molecule is O=C1C2C3CC(C(O)C3O)C2C(=O)N1C[C@H]1CCCC1CN1CCC(c2cccc3ccccc23)CC1. The summed E-state index contributed by atoms with van der Waals surface area (Å²) in [5.74, 6) is -0.0412. The lowest BCUT2D eigenvalue weighted by molar-refractivity contribution is -0.142. The van der Waals surface area contributed by atoms with Crippen molar-refractivity contribution in [2.45, 2.75) is 56.7 Å². The number of hydrogen-bond donors (Lipinski definition) is 2. The van der Waals surface area contributed by atoms with Gasteiger partial charge in [-0.1, -0.05) is 48.9 Å². The standard InChI is InChI=1S/C31H38N2O4/c34-28-24-15-25(29(28)35)27-26(24)30(36)33(31(27)37)17-21-8-3-7-20(21)16-32-13-11-19(12-14-32)23-10-4-6-18-5-1-2-9-22(18)23/h1-2,4-6,9-10,19-21,24-29,34-35H,3,7-8,11-17H2/t20?,21-,24?,25?,26?,27?,28?,29?/m1/s1. The van der Waals surface area contributed by atoms with E-state index in [1.165, 1.54) is 40.5 Å². The number of likely N-dealkylation sites (tertiary alicyclic amines) is 2. The van der Waals surface area contributed by atoms with Gasteiger partial charge in [0.25, 0.3) is 0 Å². The van der Waals surface area contributed by atoms with E-state index in [0.717, 1.165) is 32.5 Å². The van der Waals surface area contributed by atoms with Crippen LogP contribution in [0, 0.1) is 35.5 Å². The summed E-state index contributed by atoms with van der Waals surface area (Å²) in [4.78, 5) is 30.7. The minimum atomic E-state index is -0.862. The molecule has 2 amide bonds. The largest absolute Gasteiger partial charge is 0.390 e. The predicted octanol–water partition coefficient (Wildman–Crippen LogP) is 3.41. The number of benzene rings is 2. The van der Waals surface area contributed by atoms with Gasteiger partial charge in [0.1, 0.15) is 0 Å². The van der Waals surface area contributed by atoms with Crippen molar-refractivity contribution in [2.75, 3.05) is 26.2 Å². The molecule has 2 aromatic rings. The Bertz CT molecular complexity index is 1170. The molecule has 2 N–H and O–H groups in total. The second-order valence-electron chi connectivity index (χ2n) is 12.5. The number of fused-ring (bicyclic) bond motifs is 6. The molecule has 2 bridgehead atoms. The fourth-order valence-corrected chi connectivity index (χ4v) is 8.87. The van der Waals surface area contributed by atoms with E-state index in [2.05, 4.69) is 47.4 Å². The molecule has 3 aliphatic carbocycles. The maximum Gasteiger partial charge on any atom is 0.233 e. The van der Waals surface area contributed by atoms with Gasteiger partial charge in [-0.2, -0.15) is 0 Å². The highest BCUT2D eigenvalue weighted by Crippen LogP contribution is 2.56. The lowest BCUT2D eigenvalue weighted by Crippen LogP contribution is -2.43. The number of carbonyl (C=O) groups excluding carboxylic acids is 2. The molecule has 2 aromatic carbocycles. The summed E-state index contributed by atoms with van der Waals surface area (Å²) >= 11 is 0. The van der Waals surface area contributed by atoms with Crippen molar-refractivity contribution in [1.29, 1.82) is 0 Å². The summed E-state index contributed by atoms with van der Waals surface area (Å²) in [7, 11) is 0. The fraction of sp³-hybridized carbons (Fsp3) is 0.613. The summed E-state index contributed by atoms with van der Waals surface area (Å²) in [5, 5.41) is 23.4. The average Bonchev–Trinajstić information content (AvgIpc) is 3.66. The minimum absolute atomic E-state index is 0.0880. The Morgan fingerprint density at radius 2 is 1.38 bits per heavy atom. The van der Waals surface area contributed by atoms with Crippen LogP contribution in [0.3, 0.4) is 0 Å². The predicted molar refractivity (Wildman–Crippen MR) is 141 cm³/mol. The van der Waals surface area contributed by atoms with Crippen LogP contribution in [-0.2, 0) is 9.59 Å². The first-order valence-corrected chi connectivity index (χ1v) is 14.4. The quantitative estimate of drug-likeness (QED) is 0.613. The third kappa shape index (κ3) is 3.78. The molecule has 0 aromatic heterocycles. The first-order chi connectivity index (χ1) is 18.0. The van der Waals surface area contributed by atoms with E-state index >= 15 is 0 Å². The van der Waals surface area contributed by atoms with Crippen LogP contribution in [0.25, 0.3) is 10.8 Å². The van der Waals surface area contributed by atoms with Gasteiger partial charge in [-0.15, -0.1) is 0 Å². The van der Waals surface area contributed by atoms with Gasteiger partial charge >= 0.3 is 0 Å². The zero-order valence-corrected chi connectivity index (χ0v) is 21.4. The van der Waals surface area contributed by atoms with Gasteiger partial charge in [0.05, 0.1) is 24.0 Å². The molecule has 0 spiro atoms. The van der Waals surface area contributed by atoms with Crippen molar-refractivity contribution in [2.24, 2.45) is 35.5 Å². The van der Waals surface area contributed by atoms with Gasteiger partial charge in [0.2, 0.25) is 11.8 Å². The topological polar surface area (TPSA) is 81.1 Å². The Labute approximate surface area is 218 Å². The van der Waals surface area contributed by atoms with Gasteiger partial charge in [0, 0.05) is 24.9 Å². The highest BCUT2D eigenvalue weighted by atomic mass is 16.3. The summed E-state index contributed by atoms with van der Waals surface area (Å²) in [5.41, 5.74) is 1.48. The molecule has 2 heterocycles. The van der Waals surface area contributed by atoms with Gasteiger partial charge in [0.15, 0.2) is 0 Å². The van der Waals surface area contributed by atoms with E-state index in [1.54, 1.807) is 0 Å². The second-order valence-corrected chi connectivity index (χ2v) is 12.5. The number of imide groups is 1. The number of hydrogen-bond acceptors (Lipinski definition) is 5. The summed E-state index contributed by atoms with van der Waals surface area (Å²) in [6, 6.07) is 15.4. The molecule has 6 heteroatoms. The van der Waals surface area contributed by atoms with E-state index in [-0.39, 0.29) is 23.7 Å². The van der Waals surface area contributed by atoms with Crippen molar-refractivity contribution in [1.82, 2.24) is 9.80 Å². The molecule has 196 valence electrons. The molecule has 5 aliphatic rings. The molecule has 37 heavy (non-hydrogen) atoms. The molecule has 5 fully saturated rings. The van der Waals surface area contributed by atoms with Crippen molar-refractivity contribution < 1.29 is 19.8 Å². The molecule has 2 saturated heterocycles. The van der Waals surface area contributed by atoms with Crippen LogP contribution in [0.15, 0.2) is 42.5 Å². The van der Waals surface area contributed by atoms with Gasteiger partial charge < -0.3 is 15.1 Å². The first-order valence-electron chi connectivity index (χ1n) is 14.4. The Morgan fingerprint density at radius 1 is 0.757 bits per heavy atom. The monoisotopic (exact) mass is 502 g/mol. The third-order valence-electron chi connectivity index (χ3n) is 10.8. The van der Waals surface area contributed by atoms with Crippen molar-refractivity contribution >= 4 is 22.6 Å². The lowest BCUT2D eigenvalue weighted by Gasteiger charge is -2.36. The van der Waals surface area contributed by atoms with Crippen molar-refractivity contribution in [3.8, 4) is 0 Å². The Hall–Kier alpha value is -2.28. The summed E-state index contributed by atoms with van der Waals surface area (Å²) in [6.45, 7) is 3.77. The molecule has 2 aliphatic heterocycles. The maximum atomic E-state index is 13.3. The van der Waals surface area contributed by atoms with Crippen LogP contribution in [0.1, 0.15) is 50.0 Å². The van der Waals surface area contributed by atoms with E-state index < -0.39 is 24.0 Å².